The van der Waals surface area contributed by atoms with Crippen LogP contribution in [0, 0.1) is 0 Å². The van der Waals surface area contributed by atoms with Crippen molar-refractivity contribution in [2.75, 3.05) is 0 Å². The van der Waals surface area contributed by atoms with Crippen LogP contribution in [-0.4, -0.2) is 0 Å². The fourth-order valence-electron chi connectivity index (χ4n) is 1.22. The molecule has 0 aliphatic heterocycles. The number of hydrogen-bond donors (Lipinski definition) is 0. The van der Waals surface area contributed by atoms with Gasteiger partial charge in [-0.1, -0.05) is 70.2 Å². The van der Waals surface area contributed by atoms with Crippen LogP contribution in [-0.2, 0) is 0 Å². The molecule has 0 fully saturated rings. The van der Waals surface area contributed by atoms with Crippen molar-refractivity contribution >= 4 is 0 Å². The molecule has 0 saturated heterocycles. The van der Waals surface area contributed by atoms with Gasteiger partial charge in [0.1, 0.15) is 5.76 Å². The lowest BCUT2D eigenvalue weighted by Crippen LogP contribution is -1.79. The Morgan fingerprint density at radius 1 is 0.773 bits per heavy atom. The van der Waals surface area contributed by atoms with Crippen LogP contribution in [0.2, 0.25) is 0 Å². The van der Waals surface area contributed by atoms with E-state index in [9.17, 15) is 0 Å². The van der Waals surface area contributed by atoms with Crippen LogP contribution < -0.4 is 0 Å². The first-order chi connectivity index (χ1) is 9.61. The molecule has 0 unspecified atom stereocenters. The molecule has 0 aromatic carbocycles. The van der Waals surface area contributed by atoms with E-state index < -0.39 is 0 Å². The molecule has 0 saturated carbocycles. The molecule has 0 radical (unpaired) electrons. The van der Waals surface area contributed by atoms with Gasteiger partial charge < -0.3 is 8.83 Å². The van der Waals surface area contributed by atoms with E-state index in [1.54, 1.807) is 18.8 Å². The Balaban J connectivity index is -0.000000112. The zero-order valence-corrected chi connectivity index (χ0v) is 14.4. The molecule has 0 spiro atoms. The van der Waals surface area contributed by atoms with Gasteiger partial charge in [0, 0.05) is 5.92 Å². The lowest BCUT2D eigenvalue weighted by Gasteiger charge is -1.94. The molecule has 2 aromatic rings. The van der Waals surface area contributed by atoms with Gasteiger partial charge in [-0.15, -0.1) is 0 Å². The normalized spacial score (nSPS) is 8.09. The van der Waals surface area contributed by atoms with Gasteiger partial charge in [-0.05, 0) is 29.7 Å². The summed E-state index contributed by atoms with van der Waals surface area (Å²) in [5, 5.41) is 0. The Bertz CT molecular complexity index is 318. The summed E-state index contributed by atoms with van der Waals surface area (Å²) in [7, 11) is 0. The second kappa shape index (κ2) is 19.6. The average molecular weight is 313 g/mol. The predicted molar refractivity (Wildman–Crippen MR) is 102 cm³/mol. The van der Waals surface area contributed by atoms with Gasteiger partial charge in [-0.3, -0.25) is 0 Å². The third-order valence-electron chi connectivity index (χ3n) is 2.32. The molecule has 2 nitrogen and oxygen atoms in total. The van der Waals surface area contributed by atoms with Crippen molar-refractivity contribution in [2.45, 2.75) is 82.1 Å². The molecule has 0 bridgehead atoms. The summed E-state index contributed by atoms with van der Waals surface area (Å²) in [6, 6.07) is 5.89. The first kappa shape index (κ1) is 28.7. The third-order valence-corrected chi connectivity index (χ3v) is 2.32. The molecule has 2 heteroatoms. The van der Waals surface area contributed by atoms with Gasteiger partial charge in [0.05, 0.1) is 18.8 Å². The Hall–Kier alpha value is -1.44. The van der Waals surface area contributed by atoms with E-state index >= 15 is 0 Å². The molecule has 2 heterocycles. The van der Waals surface area contributed by atoms with Crippen molar-refractivity contribution in [2.24, 2.45) is 0 Å². The number of rotatable bonds is 2. The molecule has 2 rings (SSSR count). The molecule has 0 aliphatic rings. The Morgan fingerprint density at radius 2 is 1.32 bits per heavy atom. The van der Waals surface area contributed by atoms with Crippen molar-refractivity contribution in [3.05, 3.63) is 48.3 Å². The zero-order valence-electron chi connectivity index (χ0n) is 14.4. The summed E-state index contributed by atoms with van der Waals surface area (Å²) in [6.07, 6.45) is 5.19. The summed E-state index contributed by atoms with van der Waals surface area (Å²) in [4.78, 5) is 0. The maximum atomic E-state index is 5.09. The van der Waals surface area contributed by atoms with Crippen LogP contribution in [0.3, 0.4) is 0 Å². The Morgan fingerprint density at radius 3 is 1.50 bits per heavy atom. The van der Waals surface area contributed by atoms with Crippen LogP contribution in [0.25, 0.3) is 0 Å². The van der Waals surface area contributed by atoms with Gasteiger partial charge in [0.25, 0.3) is 0 Å². The fraction of sp³-hybridized carbons (Fsp3) is 0.600. The van der Waals surface area contributed by atoms with E-state index in [0.29, 0.717) is 11.8 Å². The summed E-state index contributed by atoms with van der Waals surface area (Å²) < 4.78 is 9.97. The van der Waals surface area contributed by atoms with Crippen LogP contribution in [0.4, 0.5) is 0 Å². The Labute approximate surface area is 139 Å². The summed E-state index contributed by atoms with van der Waals surface area (Å²) in [5.41, 5.74) is 1.27. The molecule has 0 N–H and O–H groups in total. The molecule has 132 valence electrons. The van der Waals surface area contributed by atoms with Crippen LogP contribution in [0.15, 0.2) is 45.8 Å². The lowest BCUT2D eigenvalue weighted by molar-refractivity contribution is 0.487. The number of hydrogen-bond acceptors (Lipinski definition) is 2. The van der Waals surface area contributed by atoms with Crippen molar-refractivity contribution in [1.29, 1.82) is 0 Å². The topological polar surface area (TPSA) is 26.3 Å². The predicted octanol–water partition coefficient (Wildman–Crippen LogP) is 8.13. The minimum Gasteiger partial charge on any atom is -0.472 e. The molecule has 22 heavy (non-hydrogen) atoms. The highest BCUT2D eigenvalue weighted by molar-refractivity contribution is 5.09. The number of furan rings is 2. The van der Waals surface area contributed by atoms with Crippen molar-refractivity contribution in [3.63, 3.8) is 0 Å². The first-order valence-corrected chi connectivity index (χ1v) is 7.66. The second-order valence-corrected chi connectivity index (χ2v) is 4.38. The highest BCUT2D eigenvalue weighted by Crippen LogP contribution is 2.13. The third kappa shape index (κ3) is 13.5. The van der Waals surface area contributed by atoms with Gasteiger partial charge in [-0.25, -0.2) is 0 Å². The molecule has 2 aromatic heterocycles. The zero-order chi connectivity index (χ0) is 16.0. The highest BCUT2D eigenvalue weighted by Gasteiger charge is 1.98. The van der Waals surface area contributed by atoms with Crippen molar-refractivity contribution in [3.8, 4) is 0 Å². The fourth-order valence-corrected chi connectivity index (χ4v) is 1.22. The minimum absolute atomic E-state index is 0. The molecular formula is C20H40O2. The summed E-state index contributed by atoms with van der Waals surface area (Å²) in [5.74, 6) is 2.17. The molecule has 0 aliphatic carbocycles. The van der Waals surface area contributed by atoms with E-state index in [1.165, 1.54) is 5.56 Å². The van der Waals surface area contributed by atoms with E-state index in [-0.39, 0.29) is 14.9 Å². The van der Waals surface area contributed by atoms with Gasteiger partial charge in [-0.2, -0.15) is 0 Å². The largest absolute Gasteiger partial charge is 0.472 e. The highest BCUT2D eigenvalue weighted by atomic mass is 16.3. The average Bonchev–Trinajstić information content (AvgIpc) is 3.17. The SMILES string of the molecule is C.C.CC.CC.CC(C)c1ccco1.CC(C)c1ccoc1. The van der Waals surface area contributed by atoms with E-state index in [1.807, 2.05) is 45.9 Å². The quantitative estimate of drug-likeness (QED) is 0.559. The van der Waals surface area contributed by atoms with Gasteiger partial charge in [0.15, 0.2) is 0 Å². The van der Waals surface area contributed by atoms with Crippen LogP contribution >= 0.6 is 0 Å². The maximum Gasteiger partial charge on any atom is 0.106 e. The van der Waals surface area contributed by atoms with E-state index in [4.69, 9.17) is 8.83 Å². The van der Waals surface area contributed by atoms with Crippen molar-refractivity contribution in [1.82, 2.24) is 0 Å². The van der Waals surface area contributed by atoms with E-state index in [0.717, 1.165) is 5.76 Å². The maximum absolute atomic E-state index is 5.09. The van der Waals surface area contributed by atoms with Crippen molar-refractivity contribution < 1.29 is 8.83 Å². The van der Waals surface area contributed by atoms with Gasteiger partial charge in [0.2, 0.25) is 0 Å². The molecular weight excluding hydrogens is 272 g/mol. The standard InChI is InChI=1S/2C7H10O.2C2H6.2CH4/c1-6(2)7-3-4-8-5-7;1-6(2)7-4-3-5-8-7;2*1-2;;/h2*3-6H,1-2H3;2*1-2H3;2*1H4. The smallest absolute Gasteiger partial charge is 0.106 e. The van der Waals surface area contributed by atoms with Crippen LogP contribution in [0.5, 0.6) is 0 Å². The Kier molecular flexibility index (Phi) is 25.5. The minimum atomic E-state index is 0. The second-order valence-electron chi connectivity index (χ2n) is 4.38. The lowest BCUT2D eigenvalue weighted by atomic mass is 10.1. The first-order valence-electron chi connectivity index (χ1n) is 7.66. The van der Waals surface area contributed by atoms with Crippen LogP contribution in [0.1, 0.15) is 93.4 Å². The molecule has 0 atom stereocenters. The van der Waals surface area contributed by atoms with Gasteiger partial charge >= 0.3 is 0 Å². The summed E-state index contributed by atoms with van der Waals surface area (Å²) >= 11 is 0. The monoisotopic (exact) mass is 312 g/mol. The summed E-state index contributed by atoms with van der Waals surface area (Å²) in [6.45, 7) is 16.5. The molecule has 0 amide bonds. The van der Waals surface area contributed by atoms with E-state index in [2.05, 4.69) is 27.7 Å².